The predicted molar refractivity (Wildman–Crippen MR) is 58.4 cm³/mol. The number of benzene rings is 1. The lowest BCUT2D eigenvalue weighted by molar-refractivity contribution is 0.0695. The number of hydrogen-bond acceptors (Lipinski definition) is 2. The molecule has 1 aromatic carbocycles. The maximum absolute atomic E-state index is 11.0. The third-order valence-corrected chi connectivity index (χ3v) is 2.76. The topological polar surface area (TPSA) is 57.5 Å². The van der Waals surface area contributed by atoms with Gasteiger partial charge >= 0.3 is 5.97 Å². The molecule has 15 heavy (non-hydrogen) atoms. The van der Waals surface area contributed by atoms with Gasteiger partial charge in [0.25, 0.3) is 0 Å². The Morgan fingerprint density at radius 1 is 1.40 bits per heavy atom. The average molecular weight is 208 g/mol. The van der Waals surface area contributed by atoms with Crippen molar-refractivity contribution >= 4 is 5.97 Å². The average Bonchev–Trinajstić information content (AvgIpc) is 2.20. The van der Waals surface area contributed by atoms with Crippen molar-refractivity contribution in [1.82, 2.24) is 0 Å². The normalized spacial score (nSPS) is 12.5. The molecule has 0 heterocycles. The quantitative estimate of drug-likeness (QED) is 0.799. The second-order valence-corrected chi connectivity index (χ2v) is 3.90. The molecule has 3 heteroatoms. The Morgan fingerprint density at radius 3 is 2.47 bits per heavy atom. The van der Waals surface area contributed by atoms with E-state index in [9.17, 15) is 4.79 Å². The van der Waals surface area contributed by atoms with E-state index in [0.29, 0.717) is 5.56 Å². The summed E-state index contributed by atoms with van der Waals surface area (Å²) in [5.74, 6) is -0.940. The van der Waals surface area contributed by atoms with Gasteiger partial charge in [-0.15, -0.1) is 0 Å². The molecule has 0 aromatic heterocycles. The summed E-state index contributed by atoms with van der Waals surface area (Å²) < 4.78 is 0. The van der Waals surface area contributed by atoms with Crippen LogP contribution in [0.2, 0.25) is 0 Å². The van der Waals surface area contributed by atoms with E-state index in [4.69, 9.17) is 10.2 Å². The molecule has 0 saturated carbocycles. The van der Waals surface area contributed by atoms with Gasteiger partial charge in [0.1, 0.15) is 0 Å². The Labute approximate surface area is 89.4 Å². The van der Waals surface area contributed by atoms with Crippen LogP contribution < -0.4 is 0 Å². The van der Waals surface area contributed by atoms with Crippen LogP contribution in [-0.2, 0) is 0 Å². The number of rotatable bonds is 3. The Kier molecular flexibility index (Phi) is 3.48. The number of aromatic carboxylic acids is 1. The van der Waals surface area contributed by atoms with Crippen molar-refractivity contribution in [2.24, 2.45) is 0 Å². The number of carboxylic acid groups (broad SMARTS) is 1. The summed E-state index contributed by atoms with van der Waals surface area (Å²) in [6.45, 7) is 5.58. The molecule has 82 valence electrons. The first-order valence-electron chi connectivity index (χ1n) is 4.92. The minimum absolute atomic E-state index is 0.0256. The summed E-state index contributed by atoms with van der Waals surface area (Å²) >= 11 is 0. The van der Waals surface area contributed by atoms with Gasteiger partial charge in [-0.2, -0.15) is 0 Å². The molecule has 0 bridgehead atoms. The van der Waals surface area contributed by atoms with Crippen LogP contribution in [0, 0.1) is 13.8 Å². The lowest BCUT2D eigenvalue weighted by Crippen LogP contribution is -2.06. The zero-order chi connectivity index (χ0) is 11.6. The smallest absolute Gasteiger partial charge is 0.335 e. The number of aliphatic hydroxyl groups is 1. The number of aryl methyl sites for hydroxylation is 1. The van der Waals surface area contributed by atoms with Gasteiger partial charge in [-0.05, 0) is 36.6 Å². The third kappa shape index (κ3) is 2.36. The molecule has 2 N–H and O–H groups in total. The molecule has 1 unspecified atom stereocenters. The largest absolute Gasteiger partial charge is 0.478 e. The van der Waals surface area contributed by atoms with Crippen LogP contribution in [-0.4, -0.2) is 22.8 Å². The highest BCUT2D eigenvalue weighted by Crippen LogP contribution is 2.22. The van der Waals surface area contributed by atoms with Crippen molar-refractivity contribution < 1.29 is 15.0 Å². The SMILES string of the molecule is Cc1cc(C(C)CO)cc(C(=O)O)c1C. The number of carbonyl (C=O) groups is 1. The van der Waals surface area contributed by atoms with Crippen LogP contribution in [0.3, 0.4) is 0 Å². The fourth-order valence-electron chi connectivity index (χ4n) is 1.50. The Morgan fingerprint density at radius 2 is 2.00 bits per heavy atom. The first-order chi connectivity index (χ1) is 6.97. The number of hydrogen-bond donors (Lipinski definition) is 2. The lowest BCUT2D eigenvalue weighted by Gasteiger charge is -2.13. The van der Waals surface area contributed by atoms with Crippen LogP contribution in [0.5, 0.6) is 0 Å². The minimum Gasteiger partial charge on any atom is -0.478 e. The van der Waals surface area contributed by atoms with Crippen LogP contribution in [0.4, 0.5) is 0 Å². The molecule has 0 aliphatic heterocycles. The molecule has 1 atom stereocenters. The van der Waals surface area contributed by atoms with Gasteiger partial charge < -0.3 is 10.2 Å². The number of aliphatic hydroxyl groups excluding tert-OH is 1. The van der Waals surface area contributed by atoms with Gasteiger partial charge in [0.2, 0.25) is 0 Å². The van der Waals surface area contributed by atoms with E-state index in [1.165, 1.54) is 0 Å². The zero-order valence-electron chi connectivity index (χ0n) is 9.24. The van der Waals surface area contributed by atoms with Crippen LogP contribution in [0.1, 0.15) is 39.9 Å². The molecule has 3 nitrogen and oxygen atoms in total. The van der Waals surface area contributed by atoms with E-state index < -0.39 is 5.97 Å². The summed E-state index contributed by atoms with van der Waals surface area (Å²) in [5.41, 5.74) is 2.94. The summed E-state index contributed by atoms with van der Waals surface area (Å²) in [7, 11) is 0. The Bertz CT molecular complexity index is 383. The molecule has 0 aliphatic carbocycles. The maximum Gasteiger partial charge on any atom is 0.335 e. The highest BCUT2D eigenvalue weighted by Gasteiger charge is 2.13. The molecule has 1 rings (SSSR count). The monoisotopic (exact) mass is 208 g/mol. The van der Waals surface area contributed by atoms with E-state index in [2.05, 4.69) is 0 Å². The fraction of sp³-hybridized carbons (Fsp3) is 0.417. The van der Waals surface area contributed by atoms with Gasteiger partial charge in [0.15, 0.2) is 0 Å². The molecule has 0 amide bonds. The van der Waals surface area contributed by atoms with Crippen molar-refractivity contribution in [3.63, 3.8) is 0 Å². The minimum atomic E-state index is -0.914. The van der Waals surface area contributed by atoms with Crippen molar-refractivity contribution in [2.75, 3.05) is 6.61 Å². The molecule has 0 spiro atoms. The molecule has 1 aromatic rings. The summed E-state index contributed by atoms with van der Waals surface area (Å²) in [6, 6.07) is 3.58. The van der Waals surface area contributed by atoms with Crippen LogP contribution >= 0.6 is 0 Å². The van der Waals surface area contributed by atoms with Gasteiger partial charge in [0, 0.05) is 12.5 Å². The molecule has 0 aliphatic rings. The first kappa shape index (κ1) is 11.7. The second-order valence-electron chi connectivity index (χ2n) is 3.90. The summed E-state index contributed by atoms with van der Waals surface area (Å²) in [5, 5.41) is 18.0. The first-order valence-corrected chi connectivity index (χ1v) is 4.92. The maximum atomic E-state index is 11.0. The Balaban J connectivity index is 3.29. The molecular formula is C12H16O3. The van der Waals surface area contributed by atoms with Crippen molar-refractivity contribution in [3.8, 4) is 0 Å². The van der Waals surface area contributed by atoms with Crippen molar-refractivity contribution in [3.05, 3.63) is 34.4 Å². The van der Waals surface area contributed by atoms with Gasteiger partial charge in [0.05, 0.1) is 5.56 Å². The van der Waals surface area contributed by atoms with Crippen molar-refractivity contribution in [2.45, 2.75) is 26.7 Å². The lowest BCUT2D eigenvalue weighted by atomic mass is 9.93. The fourth-order valence-corrected chi connectivity index (χ4v) is 1.50. The molecule has 0 fully saturated rings. The van der Waals surface area contributed by atoms with Crippen molar-refractivity contribution in [1.29, 1.82) is 0 Å². The highest BCUT2D eigenvalue weighted by molar-refractivity contribution is 5.90. The zero-order valence-corrected chi connectivity index (χ0v) is 9.24. The standard InChI is InChI=1S/C12H16O3/c1-7-4-10(8(2)6-13)5-11(9(7)3)12(14)15/h4-5,8,13H,6H2,1-3H3,(H,14,15). The van der Waals surface area contributed by atoms with Crippen LogP contribution in [0.25, 0.3) is 0 Å². The van der Waals surface area contributed by atoms with E-state index in [1.807, 2.05) is 19.9 Å². The van der Waals surface area contributed by atoms with E-state index in [0.717, 1.165) is 16.7 Å². The van der Waals surface area contributed by atoms with Crippen LogP contribution in [0.15, 0.2) is 12.1 Å². The molecular weight excluding hydrogens is 192 g/mol. The Hall–Kier alpha value is -1.35. The van der Waals surface area contributed by atoms with Gasteiger partial charge in [-0.25, -0.2) is 4.79 Å². The van der Waals surface area contributed by atoms with Gasteiger partial charge in [-0.3, -0.25) is 0 Å². The van der Waals surface area contributed by atoms with E-state index in [1.54, 1.807) is 13.0 Å². The highest BCUT2D eigenvalue weighted by atomic mass is 16.4. The number of carboxylic acids is 1. The summed E-state index contributed by atoms with van der Waals surface area (Å²) in [4.78, 5) is 11.0. The van der Waals surface area contributed by atoms with E-state index >= 15 is 0 Å². The molecule has 0 saturated heterocycles. The van der Waals surface area contributed by atoms with E-state index in [-0.39, 0.29) is 12.5 Å². The third-order valence-electron chi connectivity index (χ3n) is 2.76. The predicted octanol–water partition coefficient (Wildman–Crippen LogP) is 2.10. The molecule has 0 radical (unpaired) electrons. The summed E-state index contributed by atoms with van der Waals surface area (Å²) in [6.07, 6.45) is 0. The van der Waals surface area contributed by atoms with Gasteiger partial charge in [-0.1, -0.05) is 13.0 Å². The second kappa shape index (κ2) is 4.45.